The Hall–Kier alpha value is -2.85. The summed E-state index contributed by atoms with van der Waals surface area (Å²) >= 11 is 1.32. The number of imidazole rings is 1. The van der Waals surface area contributed by atoms with Gasteiger partial charge in [0.05, 0.1) is 11.5 Å². The molecule has 3 aromatic rings. The summed E-state index contributed by atoms with van der Waals surface area (Å²) < 4.78 is 3.08. The molecule has 26 heavy (non-hydrogen) atoms. The first-order valence-electron chi connectivity index (χ1n) is 7.80. The van der Waals surface area contributed by atoms with Crippen LogP contribution in [0.25, 0.3) is 11.2 Å². The number of carbonyl (C=O) groups is 1. The molecule has 2 heterocycles. The zero-order valence-corrected chi connectivity index (χ0v) is 14.9. The van der Waals surface area contributed by atoms with Crippen LogP contribution in [-0.2, 0) is 24.1 Å². The summed E-state index contributed by atoms with van der Waals surface area (Å²) in [6.07, 6.45) is 0. The van der Waals surface area contributed by atoms with Crippen LogP contribution in [0.5, 0.6) is 0 Å². The van der Waals surface area contributed by atoms with Crippen LogP contribution in [0.3, 0.4) is 0 Å². The molecule has 0 aliphatic rings. The molecule has 4 N–H and O–H groups in total. The Kier molecular flexibility index (Phi) is 5.24. The summed E-state index contributed by atoms with van der Waals surface area (Å²) in [5.74, 6) is 5.94. The molecule has 0 radical (unpaired) electrons. The van der Waals surface area contributed by atoms with Gasteiger partial charge in [0.15, 0.2) is 11.2 Å². The van der Waals surface area contributed by atoms with E-state index in [4.69, 9.17) is 5.84 Å². The van der Waals surface area contributed by atoms with Crippen LogP contribution < -0.4 is 22.5 Å². The minimum absolute atomic E-state index is 0.167. The Morgan fingerprint density at radius 2 is 2.04 bits per heavy atom. The van der Waals surface area contributed by atoms with Gasteiger partial charge >= 0.3 is 5.69 Å². The van der Waals surface area contributed by atoms with Gasteiger partial charge in [-0.05, 0) is 5.56 Å². The van der Waals surface area contributed by atoms with E-state index in [1.54, 1.807) is 11.6 Å². The first-order valence-corrected chi connectivity index (χ1v) is 8.96. The van der Waals surface area contributed by atoms with Crippen molar-refractivity contribution in [2.75, 3.05) is 5.75 Å². The number of aromatic amines is 1. The number of hydrogen-bond acceptors (Lipinski definition) is 6. The van der Waals surface area contributed by atoms with Crippen molar-refractivity contribution >= 4 is 28.8 Å². The van der Waals surface area contributed by atoms with Gasteiger partial charge in [-0.25, -0.2) is 15.6 Å². The molecule has 1 aromatic carbocycles. The van der Waals surface area contributed by atoms with E-state index in [0.29, 0.717) is 29.3 Å². The Morgan fingerprint density at radius 3 is 2.73 bits per heavy atom. The third-order valence-electron chi connectivity index (χ3n) is 3.89. The molecule has 0 spiro atoms. The third-order valence-corrected chi connectivity index (χ3v) is 4.82. The third kappa shape index (κ3) is 3.55. The van der Waals surface area contributed by atoms with Crippen LogP contribution >= 0.6 is 11.8 Å². The van der Waals surface area contributed by atoms with E-state index in [9.17, 15) is 14.4 Å². The molecule has 0 saturated carbocycles. The number of aryl methyl sites for hydroxylation is 1. The molecule has 0 saturated heterocycles. The van der Waals surface area contributed by atoms with E-state index < -0.39 is 11.2 Å². The highest BCUT2D eigenvalue weighted by Gasteiger charge is 2.17. The number of carbonyl (C=O) groups excluding carboxylic acids is 1. The van der Waals surface area contributed by atoms with Crippen molar-refractivity contribution in [2.24, 2.45) is 12.9 Å². The number of hydrazine groups is 1. The molecule has 10 heteroatoms. The SMILES string of the molecule is Cn1c(=O)[nH]c(=O)c2c1nc(CSCC(=O)NN)n2Cc1ccccc1. The Balaban J connectivity index is 2.06. The topological polar surface area (TPSA) is 128 Å². The lowest BCUT2D eigenvalue weighted by Gasteiger charge is -2.09. The molecule has 0 aliphatic carbocycles. The zero-order chi connectivity index (χ0) is 18.7. The molecular weight excluding hydrogens is 356 g/mol. The molecule has 3 rings (SSSR count). The monoisotopic (exact) mass is 374 g/mol. The van der Waals surface area contributed by atoms with E-state index in [1.165, 1.54) is 16.3 Å². The predicted molar refractivity (Wildman–Crippen MR) is 99.6 cm³/mol. The van der Waals surface area contributed by atoms with Crippen molar-refractivity contribution in [3.63, 3.8) is 0 Å². The van der Waals surface area contributed by atoms with Gasteiger partial charge in [-0.1, -0.05) is 30.3 Å². The van der Waals surface area contributed by atoms with E-state index in [-0.39, 0.29) is 11.7 Å². The molecule has 0 unspecified atom stereocenters. The molecule has 2 aromatic heterocycles. The number of aromatic nitrogens is 4. The summed E-state index contributed by atoms with van der Waals surface area (Å²) in [4.78, 5) is 42.3. The van der Waals surface area contributed by atoms with Crippen LogP contribution in [0.1, 0.15) is 11.4 Å². The molecule has 136 valence electrons. The minimum Gasteiger partial charge on any atom is -0.317 e. The molecule has 0 aliphatic heterocycles. The lowest BCUT2D eigenvalue weighted by molar-refractivity contribution is -0.118. The summed E-state index contributed by atoms with van der Waals surface area (Å²) in [5, 5.41) is 0. The summed E-state index contributed by atoms with van der Waals surface area (Å²) in [7, 11) is 1.55. The first kappa shape index (κ1) is 18.0. The van der Waals surface area contributed by atoms with Gasteiger partial charge in [0.25, 0.3) is 5.56 Å². The molecule has 1 amide bonds. The van der Waals surface area contributed by atoms with Gasteiger partial charge in [0.1, 0.15) is 5.82 Å². The zero-order valence-electron chi connectivity index (χ0n) is 14.1. The number of nitrogens with one attached hydrogen (secondary N) is 2. The van der Waals surface area contributed by atoms with Gasteiger partial charge in [-0.15, -0.1) is 11.8 Å². The van der Waals surface area contributed by atoms with E-state index >= 15 is 0 Å². The number of benzene rings is 1. The minimum atomic E-state index is -0.520. The normalized spacial score (nSPS) is 11.0. The van der Waals surface area contributed by atoms with Crippen molar-refractivity contribution < 1.29 is 4.79 Å². The second-order valence-corrected chi connectivity index (χ2v) is 6.64. The standard InChI is InChI=1S/C16H18N6O3S/c1-21-14-13(15(24)19-16(21)25)22(7-10-5-3-2-4-6-10)11(18-14)8-26-9-12(23)20-17/h2-6H,7-9,17H2,1H3,(H,20,23)(H,19,24,25). The molecule has 0 fully saturated rings. The van der Waals surface area contributed by atoms with E-state index in [0.717, 1.165) is 5.56 Å². The van der Waals surface area contributed by atoms with Gasteiger partial charge in [-0.2, -0.15) is 0 Å². The maximum atomic E-state index is 12.4. The number of nitrogens with zero attached hydrogens (tertiary/aromatic N) is 3. The van der Waals surface area contributed by atoms with Gasteiger partial charge in [0.2, 0.25) is 5.91 Å². The van der Waals surface area contributed by atoms with Crippen molar-refractivity contribution in [2.45, 2.75) is 12.3 Å². The highest BCUT2D eigenvalue weighted by Crippen LogP contribution is 2.18. The fourth-order valence-electron chi connectivity index (χ4n) is 2.60. The smallest absolute Gasteiger partial charge is 0.317 e. The largest absolute Gasteiger partial charge is 0.329 e. The number of rotatable bonds is 6. The lowest BCUT2D eigenvalue weighted by Crippen LogP contribution is -2.31. The fourth-order valence-corrected chi connectivity index (χ4v) is 3.38. The number of amides is 1. The number of H-pyrrole nitrogens is 1. The molecule has 9 nitrogen and oxygen atoms in total. The maximum absolute atomic E-state index is 12.4. The van der Waals surface area contributed by atoms with Crippen LogP contribution in [0.4, 0.5) is 0 Å². The van der Waals surface area contributed by atoms with Crippen molar-refractivity contribution in [3.8, 4) is 0 Å². The second-order valence-electron chi connectivity index (χ2n) is 5.65. The highest BCUT2D eigenvalue weighted by atomic mass is 32.2. The van der Waals surface area contributed by atoms with Crippen LogP contribution in [0.2, 0.25) is 0 Å². The Labute approximate surface area is 152 Å². The summed E-state index contributed by atoms with van der Waals surface area (Å²) in [6, 6.07) is 9.62. The first-order chi connectivity index (χ1) is 12.5. The van der Waals surface area contributed by atoms with Crippen LogP contribution in [0, 0.1) is 0 Å². The lowest BCUT2D eigenvalue weighted by atomic mass is 10.2. The number of thioether (sulfide) groups is 1. The average molecular weight is 374 g/mol. The summed E-state index contributed by atoms with van der Waals surface area (Å²) in [6.45, 7) is 0.428. The molecule has 0 bridgehead atoms. The quantitative estimate of drug-likeness (QED) is 0.309. The van der Waals surface area contributed by atoms with Crippen molar-refractivity contribution in [1.29, 1.82) is 0 Å². The van der Waals surface area contributed by atoms with Gasteiger partial charge < -0.3 is 4.57 Å². The summed E-state index contributed by atoms with van der Waals surface area (Å²) in [5.41, 5.74) is 2.70. The van der Waals surface area contributed by atoms with Crippen molar-refractivity contribution in [3.05, 3.63) is 62.6 Å². The predicted octanol–water partition coefficient (Wildman–Crippen LogP) is -0.305. The molecular formula is C16H18N6O3S. The van der Waals surface area contributed by atoms with Gasteiger partial charge in [-0.3, -0.25) is 24.6 Å². The Morgan fingerprint density at radius 1 is 1.31 bits per heavy atom. The molecule has 0 atom stereocenters. The number of nitrogens with two attached hydrogens (primary N) is 1. The average Bonchev–Trinajstić information content (AvgIpc) is 2.99. The fraction of sp³-hybridized carbons (Fsp3) is 0.250. The van der Waals surface area contributed by atoms with Crippen LogP contribution in [-0.4, -0.2) is 30.8 Å². The number of fused-ring (bicyclic) bond motifs is 1. The van der Waals surface area contributed by atoms with Crippen molar-refractivity contribution in [1.82, 2.24) is 24.5 Å². The maximum Gasteiger partial charge on any atom is 0.329 e. The van der Waals surface area contributed by atoms with Gasteiger partial charge in [0, 0.05) is 13.6 Å². The number of hydrogen-bond donors (Lipinski definition) is 3. The van der Waals surface area contributed by atoms with E-state index in [1.807, 2.05) is 30.3 Å². The Bertz CT molecular complexity index is 1050. The second kappa shape index (κ2) is 7.58. The highest BCUT2D eigenvalue weighted by molar-refractivity contribution is 7.99. The van der Waals surface area contributed by atoms with Crippen LogP contribution in [0.15, 0.2) is 39.9 Å². The van der Waals surface area contributed by atoms with E-state index in [2.05, 4.69) is 15.4 Å².